The Bertz CT molecular complexity index is 1110. The van der Waals surface area contributed by atoms with Gasteiger partial charge in [-0.2, -0.15) is 0 Å². The molecule has 0 saturated carbocycles. The molecule has 25 heavy (non-hydrogen) atoms. The summed E-state index contributed by atoms with van der Waals surface area (Å²) >= 11 is 11.9. The average Bonchev–Trinajstić information content (AvgIpc) is 2.79. The normalized spacial score (nSPS) is 11.8. The fourth-order valence-electron chi connectivity index (χ4n) is 2.72. The smallest absolute Gasteiger partial charge is 0.307 e. The highest BCUT2D eigenvalue weighted by Crippen LogP contribution is 2.32. The standard InChI is InChI=1S/C16H12Cl2N2O4S/c1-9-12(8-15(21)22)11-3-2-6-19-16(11)20(9)25(23,24)14-5-4-10(17)7-13(14)18/h2-7H,8H2,1H3,(H,21,22). The van der Waals surface area contributed by atoms with Gasteiger partial charge >= 0.3 is 5.97 Å². The SMILES string of the molecule is Cc1c(CC(=O)O)c2cccnc2n1S(=O)(=O)c1ccc(Cl)cc1Cl. The molecule has 2 aromatic heterocycles. The summed E-state index contributed by atoms with van der Waals surface area (Å²) in [6.07, 6.45) is 1.13. The van der Waals surface area contributed by atoms with E-state index in [1.807, 2.05) is 0 Å². The minimum Gasteiger partial charge on any atom is -0.481 e. The van der Waals surface area contributed by atoms with Gasteiger partial charge in [0.25, 0.3) is 10.0 Å². The minimum absolute atomic E-state index is 0.0236. The van der Waals surface area contributed by atoms with Gasteiger partial charge in [0.15, 0.2) is 5.65 Å². The predicted octanol–water partition coefficient (Wildman–Crippen LogP) is 3.52. The van der Waals surface area contributed by atoms with Crippen LogP contribution in [0.25, 0.3) is 11.0 Å². The van der Waals surface area contributed by atoms with Gasteiger partial charge in [-0.25, -0.2) is 17.4 Å². The third-order valence-electron chi connectivity index (χ3n) is 3.79. The van der Waals surface area contributed by atoms with E-state index >= 15 is 0 Å². The third kappa shape index (κ3) is 2.99. The van der Waals surface area contributed by atoms with Crippen molar-refractivity contribution in [1.82, 2.24) is 8.96 Å². The summed E-state index contributed by atoms with van der Waals surface area (Å²) in [5.41, 5.74) is 0.827. The van der Waals surface area contributed by atoms with Gasteiger partial charge < -0.3 is 5.11 Å². The van der Waals surface area contributed by atoms with E-state index in [0.29, 0.717) is 16.0 Å². The van der Waals surface area contributed by atoms with E-state index in [4.69, 9.17) is 28.3 Å². The molecule has 0 aliphatic rings. The van der Waals surface area contributed by atoms with Gasteiger partial charge in [-0.1, -0.05) is 23.2 Å². The molecule has 0 radical (unpaired) electrons. The lowest BCUT2D eigenvalue weighted by atomic mass is 10.1. The molecular weight excluding hydrogens is 387 g/mol. The van der Waals surface area contributed by atoms with Gasteiger partial charge in [-0.05, 0) is 42.8 Å². The van der Waals surface area contributed by atoms with Crippen molar-refractivity contribution in [3.05, 3.63) is 57.8 Å². The summed E-state index contributed by atoms with van der Waals surface area (Å²) in [5, 5.41) is 9.89. The fraction of sp³-hybridized carbons (Fsp3) is 0.125. The van der Waals surface area contributed by atoms with E-state index in [-0.39, 0.29) is 27.7 Å². The Hall–Kier alpha value is -2.09. The van der Waals surface area contributed by atoms with Crippen LogP contribution in [0.5, 0.6) is 0 Å². The van der Waals surface area contributed by atoms with Crippen LogP contribution in [0.15, 0.2) is 41.4 Å². The van der Waals surface area contributed by atoms with Gasteiger partial charge in [0.1, 0.15) is 4.90 Å². The largest absolute Gasteiger partial charge is 0.481 e. The number of hydrogen-bond acceptors (Lipinski definition) is 4. The number of nitrogens with zero attached hydrogens (tertiary/aromatic N) is 2. The van der Waals surface area contributed by atoms with Crippen LogP contribution < -0.4 is 0 Å². The molecule has 6 nitrogen and oxygen atoms in total. The van der Waals surface area contributed by atoms with Gasteiger partial charge in [-0.15, -0.1) is 0 Å². The Kier molecular flexibility index (Phi) is 4.49. The molecule has 9 heteroatoms. The monoisotopic (exact) mass is 398 g/mol. The Morgan fingerprint density at radius 3 is 2.64 bits per heavy atom. The molecule has 0 aliphatic carbocycles. The van der Waals surface area contributed by atoms with Crippen molar-refractivity contribution in [2.45, 2.75) is 18.2 Å². The van der Waals surface area contributed by atoms with Crippen LogP contribution >= 0.6 is 23.2 Å². The summed E-state index contributed by atoms with van der Waals surface area (Å²) in [6.45, 7) is 1.54. The highest BCUT2D eigenvalue weighted by atomic mass is 35.5. The molecule has 0 unspecified atom stereocenters. The van der Waals surface area contributed by atoms with Crippen molar-refractivity contribution >= 4 is 50.2 Å². The number of aliphatic carboxylic acids is 1. The molecule has 0 saturated heterocycles. The number of carbonyl (C=O) groups is 1. The summed E-state index contributed by atoms with van der Waals surface area (Å²) < 4.78 is 27.3. The first-order valence-corrected chi connectivity index (χ1v) is 9.30. The number of benzene rings is 1. The Morgan fingerprint density at radius 1 is 1.28 bits per heavy atom. The highest BCUT2D eigenvalue weighted by molar-refractivity contribution is 7.90. The van der Waals surface area contributed by atoms with Crippen LogP contribution in [0.3, 0.4) is 0 Å². The zero-order chi connectivity index (χ0) is 18.4. The summed E-state index contributed by atoms with van der Waals surface area (Å²) in [7, 11) is -4.09. The van der Waals surface area contributed by atoms with Gasteiger partial charge in [-0.3, -0.25) is 4.79 Å². The average molecular weight is 399 g/mol. The Balaban J connectivity index is 2.35. The van der Waals surface area contributed by atoms with Crippen molar-refractivity contribution in [3.8, 4) is 0 Å². The molecule has 0 bridgehead atoms. The molecule has 1 aromatic carbocycles. The first-order valence-electron chi connectivity index (χ1n) is 7.11. The lowest BCUT2D eigenvalue weighted by Crippen LogP contribution is -2.16. The highest BCUT2D eigenvalue weighted by Gasteiger charge is 2.28. The zero-order valence-corrected chi connectivity index (χ0v) is 15.2. The minimum atomic E-state index is -4.09. The van der Waals surface area contributed by atoms with Crippen LogP contribution in [-0.4, -0.2) is 28.5 Å². The maximum atomic E-state index is 13.1. The number of fused-ring (bicyclic) bond motifs is 1. The second-order valence-electron chi connectivity index (χ2n) is 5.35. The third-order valence-corrected chi connectivity index (χ3v) is 6.28. The number of carboxylic acids is 1. The Labute approximate surface area is 153 Å². The molecule has 130 valence electrons. The Morgan fingerprint density at radius 2 is 2.00 bits per heavy atom. The summed E-state index contributed by atoms with van der Waals surface area (Å²) in [6, 6.07) is 7.34. The second kappa shape index (κ2) is 6.33. The van der Waals surface area contributed by atoms with E-state index in [9.17, 15) is 13.2 Å². The molecular formula is C16H12Cl2N2O4S. The van der Waals surface area contributed by atoms with Crippen LogP contribution in [-0.2, 0) is 21.2 Å². The van der Waals surface area contributed by atoms with Crippen LogP contribution in [0, 0.1) is 6.92 Å². The number of aromatic nitrogens is 2. The maximum Gasteiger partial charge on any atom is 0.307 e. The van der Waals surface area contributed by atoms with Crippen molar-refractivity contribution in [2.75, 3.05) is 0 Å². The van der Waals surface area contributed by atoms with Crippen LogP contribution in [0.1, 0.15) is 11.3 Å². The molecule has 1 N–H and O–H groups in total. The quantitative estimate of drug-likeness (QED) is 0.725. The van der Waals surface area contributed by atoms with Crippen molar-refractivity contribution in [3.63, 3.8) is 0 Å². The molecule has 3 aromatic rings. The fourth-order valence-corrected chi connectivity index (χ4v) is 5.01. The zero-order valence-electron chi connectivity index (χ0n) is 12.9. The van der Waals surface area contributed by atoms with Gasteiger partial charge in [0.05, 0.1) is 11.4 Å². The number of hydrogen-bond donors (Lipinski definition) is 1. The van der Waals surface area contributed by atoms with Crippen molar-refractivity contribution < 1.29 is 18.3 Å². The molecule has 0 amide bonds. The van der Waals surface area contributed by atoms with Gasteiger partial charge in [0, 0.05) is 22.3 Å². The maximum absolute atomic E-state index is 13.1. The molecule has 0 spiro atoms. The van der Waals surface area contributed by atoms with Crippen LogP contribution in [0.2, 0.25) is 10.0 Å². The van der Waals surface area contributed by atoms with E-state index in [2.05, 4.69) is 4.98 Å². The van der Waals surface area contributed by atoms with E-state index in [1.165, 1.54) is 24.4 Å². The first kappa shape index (κ1) is 17.7. The summed E-state index contributed by atoms with van der Waals surface area (Å²) in [5.74, 6) is -1.06. The first-order chi connectivity index (χ1) is 11.7. The van der Waals surface area contributed by atoms with Gasteiger partial charge in [0.2, 0.25) is 0 Å². The van der Waals surface area contributed by atoms with E-state index < -0.39 is 16.0 Å². The molecule has 0 aliphatic heterocycles. The molecule has 2 heterocycles. The lowest BCUT2D eigenvalue weighted by molar-refractivity contribution is -0.136. The molecule has 0 atom stereocenters. The number of rotatable bonds is 4. The van der Waals surface area contributed by atoms with Crippen molar-refractivity contribution in [1.29, 1.82) is 0 Å². The second-order valence-corrected chi connectivity index (χ2v) is 7.95. The lowest BCUT2D eigenvalue weighted by Gasteiger charge is -2.11. The molecule has 3 rings (SSSR count). The summed E-state index contributed by atoms with van der Waals surface area (Å²) in [4.78, 5) is 15.2. The van der Waals surface area contributed by atoms with E-state index in [0.717, 1.165) is 3.97 Å². The topological polar surface area (TPSA) is 89.3 Å². The molecule has 0 fully saturated rings. The number of halogens is 2. The predicted molar refractivity (Wildman–Crippen MR) is 94.9 cm³/mol. The van der Waals surface area contributed by atoms with Crippen molar-refractivity contribution in [2.24, 2.45) is 0 Å². The number of pyridine rings is 1. The van der Waals surface area contributed by atoms with Crippen LogP contribution in [0.4, 0.5) is 0 Å². The number of carboxylic acid groups (broad SMARTS) is 1. The van der Waals surface area contributed by atoms with E-state index in [1.54, 1.807) is 19.1 Å².